The van der Waals surface area contributed by atoms with Crippen LogP contribution in [0.4, 0.5) is 10.1 Å². The lowest BCUT2D eigenvalue weighted by atomic mass is 9.98. The molecular formula is C27H22ClFN4O2S. The Morgan fingerprint density at radius 3 is 2.61 bits per heavy atom. The zero-order valence-corrected chi connectivity index (χ0v) is 20.9. The molecule has 0 saturated carbocycles. The number of amidine groups is 1. The molecule has 9 heteroatoms. The summed E-state index contributed by atoms with van der Waals surface area (Å²) in [7, 11) is 0. The second-order valence-electron chi connectivity index (χ2n) is 8.61. The highest BCUT2D eigenvalue weighted by molar-refractivity contribution is 8.15. The van der Waals surface area contributed by atoms with Gasteiger partial charge in [0, 0.05) is 18.5 Å². The van der Waals surface area contributed by atoms with E-state index in [2.05, 4.69) is 34.6 Å². The first-order chi connectivity index (χ1) is 17.4. The zero-order chi connectivity index (χ0) is 25.2. The number of amides is 2. The van der Waals surface area contributed by atoms with Crippen LogP contribution in [0.15, 0.2) is 82.9 Å². The number of anilines is 1. The number of hydrazone groups is 1. The van der Waals surface area contributed by atoms with Gasteiger partial charge >= 0.3 is 0 Å². The highest BCUT2D eigenvalue weighted by Gasteiger charge is 2.39. The summed E-state index contributed by atoms with van der Waals surface area (Å²) in [6, 6.07) is 22.0. The monoisotopic (exact) mass is 520 g/mol. The van der Waals surface area contributed by atoms with E-state index in [0.29, 0.717) is 17.3 Å². The standard InChI is InChI=1S/C27H22ClFN4O2S/c1-16-7-9-18(10-8-16)23-14-22(17-5-3-2-4-6-17)32-33(23)27-31-26(35)24(36-27)15-25(34)30-19-11-12-21(29)20(28)13-19/h2-13,23-24H,14-15H2,1H3,(H,30,34)/t23-,24+/m0/s1. The van der Waals surface area contributed by atoms with Crippen molar-refractivity contribution in [1.82, 2.24) is 5.01 Å². The summed E-state index contributed by atoms with van der Waals surface area (Å²) in [6.45, 7) is 2.03. The van der Waals surface area contributed by atoms with Crippen molar-refractivity contribution in [3.8, 4) is 0 Å². The van der Waals surface area contributed by atoms with Crippen molar-refractivity contribution >= 4 is 51.7 Å². The lowest BCUT2D eigenvalue weighted by molar-refractivity contribution is -0.121. The van der Waals surface area contributed by atoms with Gasteiger partial charge in [0.25, 0.3) is 5.91 Å². The van der Waals surface area contributed by atoms with Crippen LogP contribution in [0.3, 0.4) is 0 Å². The third-order valence-corrected chi connectivity index (χ3v) is 7.41. The smallest absolute Gasteiger partial charge is 0.262 e. The highest BCUT2D eigenvalue weighted by Crippen LogP contribution is 2.38. The predicted octanol–water partition coefficient (Wildman–Crippen LogP) is 5.97. The van der Waals surface area contributed by atoms with Gasteiger partial charge < -0.3 is 5.32 Å². The number of benzene rings is 3. The SMILES string of the molecule is Cc1ccc([C@@H]2CC(c3ccccc3)=NN2C2=NC(=O)[C@@H](CC(=O)Nc3ccc(F)c(Cl)c3)S2)cc1. The van der Waals surface area contributed by atoms with E-state index >= 15 is 0 Å². The number of hydrogen-bond acceptors (Lipinski definition) is 5. The summed E-state index contributed by atoms with van der Waals surface area (Å²) in [6.07, 6.45) is 0.584. The Kier molecular flexibility index (Phi) is 6.89. The van der Waals surface area contributed by atoms with Gasteiger partial charge in [0.2, 0.25) is 5.91 Å². The molecule has 2 atom stereocenters. The summed E-state index contributed by atoms with van der Waals surface area (Å²) in [5, 5.41) is 9.02. The number of rotatable bonds is 5. The molecule has 0 saturated heterocycles. The van der Waals surface area contributed by atoms with E-state index in [4.69, 9.17) is 16.7 Å². The van der Waals surface area contributed by atoms with E-state index < -0.39 is 11.1 Å². The van der Waals surface area contributed by atoms with Crippen molar-refractivity contribution in [2.24, 2.45) is 10.1 Å². The van der Waals surface area contributed by atoms with Crippen LogP contribution in [-0.4, -0.2) is 33.0 Å². The van der Waals surface area contributed by atoms with Crippen LogP contribution in [0.1, 0.15) is 35.6 Å². The Morgan fingerprint density at radius 1 is 1.14 bits per heavy atom. The fourth-order valence-corrected chi connectivity index (χ4v) is 5.34. The molecule has 36 heavy (non-hydrogen) atoms. The molecular weight excluding hydrogens is 499 g/mol. The first-order valence-corrected chi connectivity index (χ1v) is 12.7. The average molecular weight is 521 g/mol. The lowest BCUT2D eigenvalue weighted by Gasteiger charge is -2.23. The van der Waals surface area contributed by atoms with Crippen LogP contribution in [-0.2, 0) is 9.59 Å². The topological polar surface area (TPSA) is 74.1 Å². The van der Waals surface area contributed by atoms with Gasteiger partial charge in [-0.1, -0.05) is 83.5 Å². The molecule has 3 aromatic rings. The highest BCUT2D eigenvalue weighted by atomic mass is 35.5. The molecule has 2 aliphatic rings. The number of hydrogen-bond donors (Lipinski definition) is 1. The van der Waals surface area contributed by atoms with E-state index in [1.807, 2.05) is 37.3 Å². The number of aryl methyl sites for hydroxylation is 1. The Hall–Kier alpha value is -3.49. The van der Waals surface area contributed by atoms with Crippen LogP contribution >= 0.6 is 23.4 Å². The number of carbonyl (C=O) groups is 2. The summed E-state index contributed by atoms with van der Waals surface area (Å²) in [5.41, 5.74) is 4.51. The maximum absolute atomic E-state index is 13.4. The number of nitrogens with one attached hydrogen (secondary N) is 1. The molecule has 2 heterocycles. The maximum atomic E-state index is 13.4. The maximum Gasteiger partial charge on any atom is 0.262 e. The van der Waals surface area contributed by atoms with Crippen LogP contribution in [0.2, 0.25) is 5.02 Å². The molecule has 0 radical (unpaired) electrons. The lowest BCUT2D eigenvalue weighted by Crippen LogP contribution is -2.25. The Bertz CT molecular complexity index is 1380. The number of nitrogens with zero attached hydrogens (tertiary/aromatic N) is 3. The minimum Gasteiger partial charge on any atom is -0.326 e. The van der Waals surface area contributed by atoms with Gasteiger partial charge in [-0.15, -0.1) is 0 Å². The second kappa shape index (κ2) is 10.2. The molecule has 3 aromatic carbocycles. The molecule has 0 aliphatic carbocycles. The first-order valence-electron chi connectivity index (χ1n) is 11.4. The summed E-state index contributed by atoms with van der Waals surface area (Å²) < 4.78 is 13.4. The summed E-state index contributed by atoms with van der Waals surface area (Å²) in [4.78, 5) is 29.6. The Balaban J connectivity index is 1.33. The molecule has 5 rings (SSSR count). The Labute approximate surface area is 217 Å². The number of aliphatic imine (C=N–C) groups is 1. The number of thioether (sulfide) groups is 1. The summed E-state index contributed by atoms with van der Waals surface area (Å²) >= 11 is 7.02. The molecule has 2 amide bonds. The molecule has 182 valence electrons. The van der Waals surface area contributed by atoms with Gasteiger partial charge in [0.15, 0.2) is 5.17 Å². The minimum atomic E-state index is -0.675. The molecule has 0 unspecified atom stereocenters. The molecule has 0 aromatic heterocycles. The van der Waals surface area contributed by atoms with E-state index in [1.165, 1.54) is 30.0 Å². The molecule has 0 fully saturated rings. The van der Waals surface area contributed by atoms with Gasteiger partial charge in [-0.3, -0.25) is 9.59 Å². The average Bonchev–Trinajstić information content (AvgIpc) is 3.46. The van der Waals surface area contributed by atoms with Crippen molar-refractivity contribution in [3.05, 3.63) is 100 Å². The third kappa shape index (κ3) is 5.20. The predicted molar refractivity (Wildman–Crippen MR) is 142 cm³/mol. The fourth-order valence-electron chi connectivity index (χ4n) is 4.10. The van der Waals surface area contributed by atoms with Crippen molar-refractivity contribution in [3.63, 3.8) is 0 Å². The van der Waals surface area contributed by atoms with Crippen molar-refractivity contribution < 1.29 is 14.0 Å². The fraction of sp³-hybridized carbons (Fsp3) is 0.185. The van der Waals surface area contributed by atoms with Crippen molar-refractivity contribution in [1.29, 1.82) is 0 Å². The van der Waals surface area contributed by atoms with Gasteiger partial charge in [-0.2, -0.15) is 10.1 Å². The van der Waals surface area contributed by atoms with Crippen molar-refractivity contribution in [2.75, 3.05) is 5.32 Å². The summed E-state index contributed by atoms with van der Waals surface area (Å²) in [5.74, 6) is -1.34. The van der Waals surface area contributed by atoms with Gasteiger partial charge in [-0.05, 0) is 36.2 Å². The largest absolute Gasteiger partial charge is 0.326 e. The van der Waals surface area contributed by atoms with Gasteiger partial charge in [-0.25, -0.2) is 9.40 Å². The van der Waals surface area contributed by atoms with Crippen molar-refractivity contribution in [2.45, 2.75) is 31.1 Å². The van der Waals surface area contributed by atoms with E-state index in [9.17, 15) is 14.0 Å². The molecule has 2 aliphatic heterocycles. The zero-order valence-electron chi connectivity index (χ0n) is 19.3. The second-order valence-corrected chi connectivity index (χ2v) is 10.2. The van der Waals surface area contributed by atoms with E-state index in [-0.39, 0.29) is 29.3 Å². The third-order valence-electron chi connectivity index (χ3n) is 5.98. The molecule has 0 spiro atoms. The number of halogens is 2. The normalized spacial score (nSPS) is 19.3. The quantitative estimate of drug-likeness (QED) is 0.450. The van der Waals surface area contributed by atoms with Gasteiger partial charge in [0.05, 0.1) is 16.8 Å². The van der Waals surface area contributed by atoms with Crippen LogP contribution in [0.5, 0.6) is 0 Å². The molecule has 6 nitrogen and oxygen atoms in total. The van der Waals surface area contributed by atoms with Crippen LogP contribution in [0.25, 0.3) is 0 Å². The van der Waals surface area contributed by atoms with Crippen LogP contribution < -0.4 is 5.32 Å². The minimum absolute atomic E-state index is 0.0796. The Morgan fingerprint density at radius 2 is 1.89 bits per heavy atom. The first kappa shape index (κ1) is 24.2. The van der Waals surface area contributed by atoms with E-state index in [0.717, 1.165) is 22.4 Å². The molecule has 0 bridgehead atoms. The van der Waals surface area contributed by atoms with E-state index in [1.54, 1.807) is 5.01 Å². The van der Waals surface area contributed by atoms with Crippen LogP contribution in [0, 0.1) is 12.7 Å². The van der Waals surface area contributed by atoms with Gasteiger partial charge in [0.1, 0.15) is 11.1 Å². The molecule has 1 N–H and O–H groups in total. The number of carbonyl (C=O) groups excluding carboxylic acids is 2.